The second-order valence-corrected chi connectivity index (χ2v) is 7.61. The van der Waals surface area contributed by atoms with Crippen LogP contribution in [-0.4, -0.2) is 29.1 Å². The molecule has 31 heavy (non-hydrogen) atoms. The number of ketones is 1. The van der Waals surface area contributed by atoms with Crippen molar-refractivity contribution in [3.05, 3.63) is 76.6 Å². The molecular formula is C25H26N2O4. The maximum atomic E-state index is 12.1. The summed E-state index contributed by atoms with van der Waals surface area (Å²) in [6.07, 6.45) is 0.628. The Morgan fingerprint density at radius 1 is 1.03 bits per heavy atom. The predicted molar refractivity (Wildman–Crippen MR) is 121 cm³/mol. The minimum absolute atomic E-state index is 0.00456. The molecule has 0 saturated carbocycles. The number of hydrogen-bond acceptors (Lipinski definition) is 4. The predicted octanol–water partition coefficient (Wildman–Crippen LogP) is 5.57. The highest BCUT2D eigenvalue weighted by Crippen LogP contribution is 2.30. The van der Waals surface area contributed by atoms with Crippen molar-refractivity contribution in [2.75, 3.05) is 12.0 Å². The number of methoxy groups -OCH3 is 1. The van der Waals surface area contributed by atoms with Gasteiger partial charge in [-0.2, -0.15) is 0 Å². The van der Waals surface area contributed by atoms with Gasteiger partial charge in [0.25, 0.3) is 0 Å². The smallest absolute Gasteiger partial charge is 0.412 e. The van der Waals surface area contributed by atoms with Crippen molar-refractivity contribution >= 4 is 17.6 Å². The van der Waals surface area contributed by atoms with Crippen LogP contribution in [0.3, 0.4) is 0 Å². The Labute approximate surface area is 182 Å². The zero-order valence-corrected chi connectivity index (χ0v) is 18.4. The lowest BCUT2D eigenvalue weighted by Gasteiger charge is -2.22. The van der Waals surface area contributed by atoms with Crippen LogP contribution in [0.25, 0.3) is 11.1 Å². The molecule has 0 aliphatic rings. The van der Waals surface area contributed by atoms with Gasteiger partial charge in [-0.05, 0) is 56.5 Å². The summed E-state index contributed by atoms with van der Waals surface area (Å²) >= 11 is 0. The van der Waals surface area contributed by atoms with Crippen LogP contribution in [-0.2, 0) is 6.54 Å². The first kappa shape index (κ1) is 22.0. The van der Waals surface area contributed by atoms with Crippen LogP contribution in [0.1, 0.15) is 39.7 Å². The average Bonchev–Trinajstić information content (AvgIpc) is 2.73. The molecule has 0 atom stereocenters. The topological polar surface area (TPSA) is 79.7 Å². The lowest BCUT2D eigenvalue weighted by Crippen LogP contribution is -2.29. The molecule has 1 amide bonds. The summed E-state index contributed by atoms with van der Waals surface area (Å²) in [6, 6.07) is 13.0. The van der Waals surface area contributed by atoms with Crippen LogP contribution < -0.4 is 9.64 Å². The molecule has 6 heteroatoms. The highest BCUT2D eigenvalue weighted by Gasteiger charge is 2.20. The lowest BCUT2D eigenvalue weighted by molar-refractivity contribution is 0.101. The number of ether oxygens (including phenoxy) is 1. The molecule has 0 radical (unpaired) electrons. The van der Waals surface area contributed by atoms with Crippen molar-refractivity contribution in [3.63, 3.8) is 0 Å². The van der Waals surface area contributed by atoms with Crippen molar-refractivity contribution < 1.29 is 19.4 Å². The van der Waals surface area contributed by atoms with Crippen molar-refractivity contribution in [2.24, 2.45) is 0 Å². The molecule has 3 rings (SSSR count). The molecule has 0 aliphatic heterocycles. The molecule has 160 valence electrons. The summed E-state index contributed by atoms with van der Waals surface area (Å²) < 4.78 is 5.46. The number of pyridine rings is 1. The van der Waals surface area contributed by atoms with Crippen LogP contribution in [0.4, 0.5) is 10.5 Å². The van der Waals surface area contributed by atoms with E-state index in [1.807, 2.05) is 51.1 Å². The van der Waals surface area contributed by atoms with Crippen LogP contribution in [0, 0.1) is 20.8 Å². The SMILES string of the molecule is COc1c(C)cnc(CN(C(=O)O)c2cc(C)cc(-c3ccc(C(C)=O)cc3)c2)c1C. The van der Waals surface area contributed by atoms with Crippen molar-refractivity contribution in [1.29, 1.82) is 0 Å². The number of carbonyl (C=O) groups is 2. The molecule has 0 aliphatic carbocycles. The molecule has 1 N–H and O–H groups in total. The van der Waals surface area contributed by atoms with E-state index in [0.717, 1.165) is 27.8 Å². The molecule has 0 unspecified atom stereocenters. The normalized spacial score (nSPS) is 10.6. The molecule has 0 fully saturated rings. The Morgan fingerprint density at radius 2 is 1.71 bits per heavy atom. The van der Waals surface area contributed by atoms with E-state index in [-0.39, 0.29) is 12.3 Å². The molecule has 0 bridgehead atoms. The van der Waals surface area contributed by atoms with Gasteiger partial charge in [-0.1, -0.05) is 30.3 Å². The third-order valence-electron chi connectivity index (χ3n) is 5.29. The highest BCUT2D eigenvalue weighted by atomic mass is 16.5. The van der Waals surface area contributed by atoms with Gasteiger partial charge in [-0.15, -0.1) is 0 Å². The monoisotopic (exact) mass is 418 g/mol. The fraction of sp³-hybridized carbons (Fsp3) is 0.240. The van der Waals surface area contributed by atoms with E-state index in [1.54, 1.807) is 25.4 Å². The number of nitrogens with zero attached hydrogens (tertiary/aromatic N) is 2. The largest absolute Gasteiger partial charge is 0.496 e. The van der Waals surface area contributed by atoms with E-state index in [9.17, 15) is 14.7 Å². The van der Waals surface area contributed by atoms with Crippen LogP contribution in [0.5, 0.6) is 5.75 Å². The Balaban J connectivity index is 2.01. The average molecular weight is 418 g/mol. The number of amides is 1. The number of anilines is 1. The zero-order chi connectivity index (χ0) is 22.7. The highest BCUT2D eigenvalue weighted by molar-refractivity contribution is 5.94. The summed E-state index contributed by atoms with van der Waals surface area (Å²) in [6.45, 7) is 7.34. The number of Topliss-reactive ketones (excluding diaryl/α,β-unsaturated/α-hetero) is 1. The first-order valence-corrected chi connectivity index (χ1v) is 9.94. The molecule has 3 aromatic rings. The number of aryl methyl sites for hydroxylation is 2. The van der Waals surface area contributed by atoms with Gasteiger partial charge < -0.3 is 9.84 Å². The van der Waals surface area contributed by atoms with E-state index in [1.165, 1.54) is 11.8 Å². The van der Waals surface area contributed by atoms with Crippen molar-refractivity contribution in [3.8, 4) is 16.9 Å². The lowest BCUT2D eigenvalue weighted by atomic mass is 10.00. The summed E-state index contributed by atoms with van der Waals surface area (Å²) in [4.78, 5) is 29.4. The minimum atomic E-state index is -1.07. The van der Waals surface area contributed by atoms with Gasteiger partial charge in [0.1, 0.15) is 5.75 Å². The van der Waals surface area contributed by atoms with E-state index in [0.29, 0.717) is 22.7 Å². The molecule has 0 spiro atoms. The fourth-order valence-corrected chi connectivity index (χ4v) is 3.63. The minimum Gasteiger partial charge on any atom is -0.496 e. The number of carbonyl (C=O) groups excluding carboxylic acids is 1. The number of aromatic nitrogens is 1. The summed E-state index contributed by atoms with van der Waals surface area (Å²) in [5.41, 5.74) is 6.27. The first-order valence-electron chi connectivity index (χ1n) is 9.94. The number of carboxylic acid groups (broad SMARTS) is 1. The molecular weight excluding hydrogens is 392 g/mol. The summed E-state index contributed by atoms with van der Waals surface area (Å²) in [5, 5.41) is 9.94. The first-order chi connectivity index (χ1) is 14.7. The van der Waals surface area contributed by atoms with E-state index >= 15 is 0 Å². The summed E-state index contributed by atoms with van der Waals surface area (Å²) in [5.74, 6) is 0.718. The molecule has 1 aromatic heterocycles. The molecule has 0 saturated heterocycles. The van der Waals surface area contributed by atoms with Gasteiger partial charge in [0.2, 0.25) is 0 Å². The Kier molecular flexibility index (Phi) is 6.39. The third-order valence-corrected chi connectivity index (χ3v) is 5.29. The Hall–Kier alpha value is -3.67. The second kappa shape index (κ2) is 9.00. The van der Waals surface area contributed by atoms with E-state index in [4.69, 9.17) is 4.74 Å². The van der Waals surface area contributed by atoms with Crippen molar-refractivity contribution in [1.82, 2.24) is 4.98 Å². The Morgan fingerprint density at radius 3 is 2.29 bits per heavy atom. The van der Waals surface area contributed by atoms with E-state index < -0.39 is 6.09 Å². The van der Waals surface area contributed by atoms with Crippen LogP contribution in [0.2, 0.25) is 0 Å². The second-order valence-electron chi connectivity index (χ2n) is 7.61. The molecule has 6 nitrogen and oxygen atoms in total. The Bertz CT molecular complexity index is 1140. The van der Waals surface area contributed by atoms with Gasteiger partial charge in [0.05, 0.1) is 19.3 Å². The third kappa shape index (κ3) is 4.74. The standard InChI is InChI=1S/C25H26N2O4/c1-15-10-21(20-8-6-19(7-9-20)18(4)28)12-22(11-15)27(25(29)30)14-23-17(3)24(31-5)16(2)13-26-23/h6-13H,14H2,1-5H3,(H,29,30). The number of benzene rings is 2. The quantitative estimate of drug-likeness (QED) is 0.530. The maximum Gasteiger partial charge on any atom is 0.412 e. The van der Waals surface area contributed by atoms with Gasteiger partial charge in [-0.25, -0.2) is 4.79 Å². The zero-order valence-electron chi connectivity index (χ0n) is 18.4. The van der Waals surface area contributed by atoms with Crippen molar-refractivity contribution in [2.45, 2.75) is 34.2 Å². The number of rotatable bonds is 6. The van der Waals surface area contributed by atoms with Gasteiger partial charge in [-0.3, -0.25) is 14.7 Å². The summed E-state index contributed by atoms with van der Waals surface area (Å²) in [7, 11) is 1.60. The van der Waals surface area contributed by atoms with Crippen LogP contribution in [0.15, 0.2) is 48.7 Å². The van der Waals surface area contributed by atoms with Gasteiger partial charge in [0.15, 0.2) is 5.78 Å². The fourth-order valence-electron chi connectivity index (χ4n) is 3.63. The number of hydrogen-bond donors (Lipinski definition) is 1. The van der Waals surface area contributed by atoms with E-state index in [2.05, 4.69) is 4.98 Å². The molecule has 2 aromatic carbocycles. The maximum absolute atomic E-state index is 12.1. The molecule has 1 heterocycles. The van der Waals surface area contributed by atoms with Gasteiger partial charge in [0, 0.05) is 28.6 Å². The van der Waals surface area contributed by atoms with Crippen LogP contribution >= 0.6 is 0 Å². The van der Waals surface area contributed by atoms with Gasteiger partial charge >= 0.3 is 6.09 Å².